The molecule has 4 aromatic rings. The molecule has 0 aliphatic heterocycles. The number of hydrogen-bond acceptors (Lipinski definition) is 4. The third-order valence-electron chi connectivity index (χ3n) is 5.06. The fourth-order valence-corrected chi connectivity index (χ4v) is 3.65. The molecule has 0 unspecified atom stereocenters. The third-order valence-corrected chi connectivity index (χ3v) is 5.06. The van der Waals surface area contributed by atoms with Crippen molar-refractivity contribution in [3.8, 4) is 0 Å². The first kappa shape index (κ1) is 18.9. The summed E-state index contributed by atoms with van der Waals surface area (Å²) in [6, 6.07) is 14.7. The summed E-state index contributed by atoms with van der Waals surface area (Å²) in [5.41, 5.74) is 2.67. The van der Waals surface area contributed by atoms with Crippen molar-refractivity contribution in [2.75, 3.05) is 0 Å². The molecule has 6 nitrogen and oxygen atoms in total. The largest absolute Gasteiger partial charge is 0.341 e. The number of nitrogens with zero attached hydrogens (tertiary/aromatic N) is 3. The van der Waals surface area contributed by atoms with Crippen LogP contribution in [-0.4, -0.2) is 20.6 Å². The van der Waals surface area contributed by atoms with Gasteiger partial charge in [0.2, 0.25) is 11.8 Å². The number of benzene rings is 2. The minimum atomic E-state index is -0.725. The molecule has 0 aliphatic carbocycles. The van der Waals surface area contributed by atoms with E-state index in [1.54, 1.807) is 6.92 Å². The summed E-state index contributed by atoms with van der Waals surface area (Å²) >= 11 is 0. The normalized spacial score (nSPS) is 12.3. The lowest BCUT2D eigenvalue weighted by Crippen LogP contribution is -2.41. The molecule has 1 N–H and O–H groups in total. The van der Waals surface area contributed by atoms with Crippen LogP contribution in [0, 0.1) is 6.92 Å². The van der Waals surface area contributed by atoms with Crippen molar-refractivity contribution >= 4 is 33.8 Å². The molecule has 0 bridgehead atoms. The maximum Gasteiger partial charge on any atom is 0.244 e. The van der Waals surface area contributed by atoms with Crippen LogP contribution < -0.4 is 5.32 Å². The second kappa shape index (κ2) is 7.20. The van der Waals surface area contributed by atoms with Gasteiger partial charge in [0.05, 0.1) is 5.54 Å². The van der Waals surface area contributed by atoms with E-state index >= 15 is 0 Å². The molecule has 29 heavy (non-hydrogen) atoms. The molecule has 0 fully saturated rings. The molecule has 0 aliphatic rings. The van der Waals surface area contributed by atoms with Gasteiger partial charge in [-0.2, -0.15) is 4.98 Å². The smallest absolute Gasteiger partial charge is 0.244 e. The van der Waals surface area contributed by atoms with E-state index in [2.05, 4.69) is 63.3 Å². The summed E-state index contributed by atoms with van der Waals surface area (Å²) in [6.45, 7) is 8.46. The fraction of sp³-hybridized carbons (Fsp3) is 0.261. The molecule has 0 radical (unpaired) electrons. The molecule has 0 atom stereocenters. The number of rotatable bonds is 5. The van der Waals surface area contributed by atoms with Crippen LogP contribution in [0.3, 0.4) is 0 Å². The van der Waals surface area contributed by atoms with Crippen LogP contribution in [-0.2, 0) is 16.9 Å². The van der Waals surface area contributed by atoms with E-state index in [-0.39, 0.29) is 5.91 Å². The number of para-hydroxylation sites is 1. The van der Waals surface area contributed by atoms with Crippen LogP contribution in [0.25, 0.3) is 27.9 Å². The van der Waals surface area contributed by atoms with Gasteiger partial charge in [0.1, 0.15) is 0 Å². The summed E-state index contributed by atoms with van der Waals surface area (Å²) in [7, 11) is 0. The van der Waals surface area contributed by atoms with Gasteiger partial charge in [-0.15, -0.1) is 0 Å². The van der Waals surface area contributed by atoms with E-state index in [0.717, 1.165) is 12.1 Å². The minimum absolute atomic E-state index is 0.214. The molecule has 2 aromatic carbocycles. The Morgan fingerprint density at radius 1 is 1.17 bits per heavy atom. The number of fused-ring (bicyclic) bond motifs is 3. The molecule has 0 saturated heterocycles. The van der Waals surface area contributed by atoms with Crippen molar-refractivity contribution in [3.05, 3.63) is 65.8 Å². The summed E-state index contributed by atoms with van der Waals surface area (Å²) in [5, 5.41) is 9.23. The predicted molar refractivity (Wildman–Crippen MR) is 114 cm³/mol. The number of carbonyl (C=O) groups excluding carboxylic acids is 1. The Labute approximate surface area is 169 Å². The van der Waals surface area contributed by atoms with Crippen LogP contribution in [0.4, 0.5) is 0 Å². The van der Waals surface area contributed by atoms with E-state index in [1.807, 2.05) is 26.0 Å². The second-order valence-electron chi connectivity index (χ2n) is 7.62. The Kier molecular flexibility index (Phi) is 4.70. The van der Waals surface area contributed by atoms with Crippen LogP contribution in [0.15, 0.2) is 53.1 Å². The fourth-order valence-electron chi connectivity index (χ4n) is 3.65. The minimum Gasteiger partial charge on any atom is -0.341 e. The number of aryl methyl sites for hydroxylation is 2. The highest BCUT2D eigenvalue weighted by molar-refractivity contribution is 6.08. The molecule has 1 amide bonds. The zero-order valence-electron chi connectivity index (χ0n) is 17.1. The van der Waals surface area contributed by atoms with Gasteiger partial charge in [-0.25, -0.2) is 0 Å². The molecule has 0 saturated carbocycles. The van der Waals surface area contributed by atoms with E-state index in [9.17, 15) is 4.79 Å². The van der Waals surface area contributed by atoms with Crippen molar-refractivity contribution in [2.24, 2.45) is 0 Å². The molecular formula is C23H24N4O2. The molecule has 2 heterocycles. The highest BCUT2D eigenvalue weighted by Gasteiger charge is 2.27. The van der Waals surface area contributed by atoms with Gasteiger partial charge in [0, 0.05) is 41.4 Å². The van der Waals surface area contributed by atoms with E-state index in [1.165, 1.54) is 27.9 Å². The SMILES string of the molecule is CCn1c2ccccc2c2cc(/C=C/C(=O)NC(C)(C)c3noc(C)n3)ccc21. The number of amides is 1. The number of nitrogens with one attached hydrogen (secondary N) is 1. The van der Waals surface area contributed by atoms with E-state index in [4.69, 9.17) is 4.52 Å². The number of carbonyl (C=O) groups is 1. The van der Waals surface area contributed by atoms with Gasteiger partial charge in [0.25, 0.3) is 0 Å². The Hall–Kier alpha value is -3.41. The highest BCUT2D eigenvalue weighted by Crippen LogP contribution is 2.30. The van der Waals surface area contributed by atoms with Crippen molar-refractivity contribution < 1.29 is 9.32 Å². The summed E-state index contributed by atoms with van der Waals surface area (Å²) in [4.78, 5) is 16.7. The Morgan fingerprint density at radius 2 is 1.93 bits per heavy atom. The van der Waals surface area contributed by atoms with Gasteiger partial charge in [-0.3, -0.25) is 4.79 Å². The molecule has 148 valence electrons. The molecule has 6 heteroatoms. The van der Waals surface area contributed by atoms with E-state index in [0.29, 0.717) is 11.7 Å². The standard InChI is InChI=1S/C23H24N4O2/c1-5-27-19-9-7-6-8-17(19)18-14-16(10-12-20(18)27)11-13-21(28)25-23(3,4)22-24-15(2)29-26-22/h6-14H,5H2,1-4H3,(H,25,28)/b13-11+. The maximum atomic E-state index is 12.5. The average Bonchev–Trinajstić information content (AvgIpc) is 3.27. The average molecular weight is 388 g/mol. The molecule has 0 spiro atoms. The van der Waals surface area contributed by atoms with Crippen molar-refractivity contribution in [2.45, 2.75) is 39.8 Å². The lowest BCUT2D eigenvalue weighted by atomic mass is 10.0. The zero-order valence-corrected chi connectivity index (χ0v) is 17.1. The lowest BCUT2D eigenvalue weighted by Gasteiger charge is -2.21. The first-order chi connectivity index (χ1) is 13.9. The van der Waals surface area contributed by atoms with Crippen LogP contribution in [0.5, 0.6) is 0 Å². The summed E-state index contributed by atoms with van der Waals surface area (Å²) in [5.74, 6) is 0.705. The first-order valence-corrected chi connectivity index (χ1v) is 9.71. The van der Waals surface area contributed by atoms with Gasteiger partial charge in [-0.05, 0) is 50.6 Å². The van der Waals surface area contributed by atoms with Gasteiger partial charge in [0.15, 0.2) is 5.82 Å². The van der Waals surface area contributed by atoms with Crippen LogP contribution in [0.2, 0.25) is 0 Å². The van der Waals surface area contributed by atoms with Crippen molar-refractivity contribution in [1.29, 1.82) is 0 Å². The number of aromatic nitrogens is 3. The van der Waals surface area contributed by atoms with Crippen molar-refractivity contribution in [1.82, 2.24) is 20.0 Å². The Morgan fingerprint density at radius 3 is 2.66 bits per heavy atom. The van der Waals surface area contributed by atoms with Crippen LogP contribution >= 0.6 is 0 Å². The lowest BCUT2D eigenvalue weighted by molar-refractivity contribution is -0.118. The second-order valence-corrected chi connectivity index (χ2v) is 7.62. The third kappa shape index (κ3) is 3.53. The quantitative estimate of drug-likeness (QED) is 0.508. The van der Waals surface area contributed by atoms with E-state index < -0.39 is 5.54 Å². The zero-order chi connectivity index (χ0) is 20.6. The van der Waals surface area contributed by atoms with Crippen molar-refractivity contribution in [3.63, 3.8) is 0 Å². The molecular weight excluding hydrogens is 364 g/mol. The summed E-state index contributed by atoms with van der Waals surface area (Å²) < 4.78 is 7.32. The maximum absolute atomic E-state index is 12.5. The van der Waals surface area contributed by atoms with Gasteiger partial charge in [-0.1, -0.05) is 29.4 Å². The Balaban J connectivity index is 1.60. The summed E-state index contributed by atoms with van der Waals surface area (Å²) in [6.07, 6.45) is 3.36. The Bertz CT molecular complexity index is 1230. The molecule has 2 aromatic heterocycles. The molecule has 4 rings (SSSR count). The van der Waals surface area contributed by atoms with Gasteiger partial charge >= 0.3 is 0 Å². The monoisotopic (exact) mass is 388 g/mol. The van der Waals surface area contributed by atoms with Gasteiger partial charge < -0.3 is 14.4 Å². The topological polar surface area (TPSA) is 73.0 Å². The van der Waals surface area contributed by atoms with Crippen LogP contribution in [0.1, 0.15) is 38.0 Å². The predicted octanol–water partition coefficient (Wildman–Crippen LogP) is 4.57. The highest BCUT2D eigenvalue weighted by atomic mass is 16.5. The number of hydrogen-bond donors (Lipinski definition) is 1. The first-order valence-electron chi connectivity index (χ1n) is 9.71.